The standard InChI is InChI=1S/C16H30O2/c1-6-7-8-18-14(17)9-13-10-15(2,3)12-16(4,5)11-13/h13H,6-12H2,1-5H3. The third-order valence-electron chi connectivity index (χ3n) is 3.86. The van der Waals surface area contributed by atoms with E-state index in [0.717, 1.165) is 25.7 Å². The lowest BCUT2D eigenvalue weighted by Crippen LogP contribution is -2.34. The largest absolute Gasteiger partial charge is 0.466 e. The summed E-state index contributed by atoms with van der Waals surface area (Å²) in [7, 11) is 0. The Morgan fingerprint density at radius 3 is 2.22 bits per heavy atom. The Labute approximate surface area is 112 Å². The average molecular weight is 254 g/mol. The molecule has 0 unspecified atom stereocenters. The van der Waals surface area contributed by atoms with E-state index >= 15 is 0 Å². The van der Waals surface area contributed by atoms with Gasteiger partial charge in [-0.25, -0.2) is 0 Å². The zero-order valence-electron chi connectivity index (χ0n) is 12.8. The van der Waals surface area contributed by atoms with Crippen LogP contribution in [0, 0.1) is 16.7 Å². The Balaban J connectivity index is 2.44. The molecule has 0 amide bonds. The molecule has 1 saturated carbocycles. The van der Waals surface area contributed by atoms with E-state index in [1.54, 1.807) is 0 Å². The highest BCUT2D eigenvalue weighted by atomic mass is 16.5. The maximum atomic E-state index is 11.8. The van der Waals surface area contributed by atoms with Gasteiger partial charge in [0.25, 0.3) is 0 Å². The van der Waals surface area contributed by atoms with Crippen LogP contribution in [0.5, 0.6) is 0 Å². The highest BCUT2D eigenvalue weighted by Gasteiger charge is 2.39. The second-order valence-corrected chi connectivity index (χ2v) is 7.56. The van der Waals surface area contributed by atoms with E-state index in [9.17, 15) is 4.79 Å². The zero-order chi connectivity index (χ0) is 13.8. The molecule has 18 heavy (non-hydrogen) atoms. The Hall–Kier alpha value is -0.530. The molecule has 0 saturated heterocycles. The van der Waals surface area contributed by atoms with Crippen LogP contribution in [0.15, 0.2) is 0 Å². The van der Waals surface area contributed by atoms with Crippen molar-refractivity contribution in [3.8, 4) is 0 Å². The smallest absolute Gasteiger partial charge is 0.306 e. The van der Waals surface area contributed by atoms with Gasteiger partial charge in [0.2, 0.25) is 0 Å². The maximum absolute atomic E-state index is 11.8. The van der Waals surface area contributed by atoms with E-state index in [0.29, 0.717) is 29.8 Å². The van der Waals surface area contributed by atoms with E-state index in [1.807, 2.05) is 0 Å². The minimum atomic E-state index is 0.00181. The first-order valence-electron chi connectivity index (χ1n) is 7.40. The number of hydrogen-bond donors (Lipinski definition) is 0. The van der Waals surface area contributed by atoms with E-state index in [4.69, 9.17) is 4.74 Å². The van der Waals surface area contributed by atoms with Crippen LogP contribution in [0.3, 0.4) is 0 Å². The van der Waals surface area contributed by atoms with Crippen LogP contribution >= 0.6 is 0 Å². The van der Waals surface area contributed by atoms with Crippen molar-refractivity contribution in [3.05, 3.63) is 0 Å². The molecule has 1 fully saturated rings. The van der Waals surface area contributed by atoms with Crippen molar-refractivity contribution >= 4 is 5.97 Å². The van der Waals surface area contributed by atoms with E-state index in [-0.39, 0.29) is 5.97 Å². The second-order valence-electron chi connectivity index (χ2n) is 7.56. The van der Waals surface area contributed by atoms with Gasteiger partial charge in [-0.2, -0.15) is 0 Å². The minimum absolute atomic E-state index is 0.00181. The van der Waals surface area contributed by atoms with Gasteiger partial charge in [0.15, 0.2) is 0 Å². The molecule has 0 spiro atoms. The molecule has 0 radical (unpaired) electrons. The molecule has 0 bridgehead atoms. The van der Waals surface area contributed by atoms with Gasteiger partial charge in [-0.3, -0.25) is 4.79 Å². The highest BCUT2D eigenvalue weighted by molar-refractivity contribution is 5.69. The quantitative estimate of drug-likeness (QED) is 0.530. The van der Waals surface area contributed by atoms with Crippen LogP contribution in [-0.2, 0) is 9.53 Å². The number of hydrogen-bond acceptors (Lipinski definition) is 2. The van der Waals surface area contributed by atoms with Crippen molar-refractivity contribution in [2.45, 2.75) is 73.1 Å². The summed E-state index contributed by atoms with van der Waals surface area (Å²) >= 11 is 0. The number of carbonyl (C=O) groups excluding carboxylic acids is 1. The Kier molecular flexibility index (Phi) is 5.24. The van der Waals surface area contributed by atoms with E-state index in [2.05, 4.69) is 34.6 Å². The van der Waals surface area contributed by atoms with E-state index < -0.39 is 0 Å². The fourth-order valence-electron chi connectivity index (χ4n) is 3.84. The lowest BCUT2D eigenvalue weighted by Gasteiger charge is -2.44. The first kappa shape index (κ1) is 15.5. The topological polar surface area (TPSA) is 26.3 Å². The van der Waals surface area contributed by atoms with Gasteiger partial charge in [0, 0.05) is 6.42 Å². The lowest BCUT2D eigenvalue weighted by molar-refractivity contribution is -0.145. The number of unbranched alkanes of at least 4 members (excludes halogenated alkanes) is 1. The van der Waals surface area contributed by atoms with Crippen molar-refractivity contribution in [1.29, 1.82) is 0 Å². The minimum Gasteiger partial charge on any atom is -0.466 e. The molecule has 0 aromatic rings. The van der Waals surface area contributed by atoms with Gasteiger partial charge in [0.1, 0.15) is 0 Å². The lowest BCUT2D eigenvalue weighted by atomic mass is 9.61. The highest BCUT2D eigenvalue weighted by Crippen LogP contribution is 2.49. The molecular weight excluding hydrogens is 224 g/mol. The first-order valence-corrected chi connectivity index (χ1v) is 7.40. The SMILES string of the molecule is CCCCOC(=O)CC1CC(C)(C)CC(C)(C)C1. The Bertz CT molecular complexity index is 263. The molecule has 0 N–H and O–H groups in total. The maximum Gasteiger partial charge on any atom is 0.306 e. The van der Waals surface area contributed by atoms with Crippen LogP contribution in [0.4, 0.5) is 0 Å². The van der Waals surface area contributed by atoms with Crippen LogP contribution in [0.2, 0.25) is 0 Å². The van der Waals surface area contributed by atoms with Gasteiger partial charge in [0.05, 0.1) is 6.61 Å². The Morgan fingerprint density at radius 1 is 1.17 bits per heavy atom. The predicted molar refractivity (Wildman–Crippen MR) is 75.4 cm³/mol. The fourth-order valence-corrected chi connectivity index (χ4v) is 3.84. The molecule has 0 atom stereocenters. The number of esters is 1. The summed E-state index contributed by atoms with van der Waals surface area (Å²) < 4.78 is 5.28. The fraction of sp³-hybridized carbons (Fsp3) is 0.938. The van der Waals surface area contributed by atoms with Gasteiger partial charge < -0.3 is 4.74 Å². The third kappa shape index (κ3) is 5.41. The molecular formula is C16H30O2. The molecule has 106 valence electrons. The average Bonchev–Trinajstić information content (AvgIpc) is 2.12. The summed E-state index contributed by atoms with van der Waals surface area (Å²) in [5.41, 5.74) is 0.715. The second kappa shape index (κ2) is 6.08. The summed E-state index contributed by atoms with van der Waals surface area (Å²) in [5.74, 6) is 0.500. The molecule has 1 aliphatic carbocycles. The molecule has 2 nitrogen and oxygen atoms in total. The summed E-state index contributed by atoms with van der Waals surface area (Å²) in [6.45, 7) is 12.0. The zero-order valence-corrected chi connectivity index (χ0v) is 12.8. The van der Waals surface area contributed by atoms with Crippen molar-refractivity contribution in [2.75, 3.05) is 6.61 Å². The van der Waals surface area contributed by atoms with Gasteiger partial charge in [-0.1, -0.05) is 41.0 Å². The Morgan fingerprint density at radius 2 is 1.72 bits per heavy atom. The van der Waals surface area contributed by atoms with Crippen molar-refractivity contribution in [2.24, 2.45) is 16.7 Å². The summed E-state index contributed by atoms with van der Waals surface area (Å²) in [4.78, 5) is 11.8. The van der Waals surface area contributed by atoms with Gasteiger partial charge >= 0.3 is 5.97 Å². The monoisotopic (exact) mass is 254 g/mol. The molecule has 0 aliphatic heterocycles. The summed E-state index contributed by atoms with van der Waals surface area (Å²) in [6.07, 6.45) is 6.22. The summed E-state index contributed by atoms with van der Waals surface area (Å²) in [5, 5.41) is 0. The van der Waals surface area contributed by atoms with Crippen LogP contribution in [0.1, 0.15) is 73.1 Å². The molecule has 2 heteroatoms. The normalized spacial score (nSPS) is 22.7. The van der Waals surface area contributed by atoms with Gasteiger partial charge in [-0.05, 0) is 42.4 Å². The van der Waals surface area contributed by atoms with Crippen molar-refractivity contribution in [1.82, 2.24) is 0 Å². The van der Waals surface area contributed by atoms with Crippen molar-refractivity contribution < 1.29 is 9.53 Å². The molecule has 1 rings (SSSR count). The van der Waals surface area contributed by atoms with Gasteiger partial charge in [-0.15, -0.1) is 0 Å². The van der Waals surface area contributed by atoms with Crippen LogP contribution < -0.4 is 0 Å². The first-order chi connectivity index (χ1) is 8.24. The molecule has 0 heterocycles. The third-order valence-corrected chi connectivity index (χ3v) is 3.86. The molecule has 1 aliphatic rings. The van der Waals surface area contributed by atoms with Crippen molar-refractivity contribution in [3.63, 3.8) is 0 Å². The number of ether oxygens (including phenoxy) is 1. The van der Waals surface area contributed by atoms with E-state index in [1.165, 1.54) is 6.42 Å². The molecule has 0 aromatic heterocycles. The number of rotatable bonds is 5. The number of carbonyl (C=O) groups is 1. The van der Waals surface area contributed by atoms with Crippen LogP contribution in [-0.4, -0.2) is 12.6 Å². The van der Waals surface area contributed by atoms with Crippen LogP contribution in [0.25, 0.3) is 0 Å². The molecule has 0 aromatic carbocycles. The summed E-state index contributed by atoms with van der Waals surface area (Å²) in [6, 6.07) is 0. The predicted octanol–water partition coefficient (Wildman–Crippen LogP) is 4.57.